The first-order valence-electron chi connectivity index (χ1n) is 5.43. The van der Waals surface area contributed by atoms with Gasteiger partial charge in [0.1, 0.15) is 23.1 Å². The molecule has 0 aliphatic heterocycles. The number of anilines is 2. The van der Waals surface area contributed by atoms with Gasteiger partial charge in [0.15, 0.2) is 5.82 Å². The summed E-state index contributed by atoms with van der Waals surface area (Å²) in [7, 11) is 0. The second-order valence-electron chi connectivity index (χ2n) is 3.97. The van der Waals surface area contributed by atoms with Gasteiger partial charge in [0, 0.05) is 12.1 Å². The van der Waals surface area contributed by atoms with Crippen LogP contribution >= 0.6 is 0 Å². The summed E-state index contributed by atoms with van der Waals surface area (Å²) in [5.74, 6) is -4.19. The third-order valence-corrected chi connectivity index (χ3v) is 2.53. The van der Waals surface area contributed by atoms with Crippen molar-refractivity contribution in [1.29, 1.82) is 0 Å². The van der Waals surface area contributed by atoms with Crippen LogP contribution in [0.2, 0.25) is 0 Å². The van der Waals surface area contributed by atoms with Gasteiger partial charge in [-0.15, -0.1) is 0 Å². The Bertz CT molecular complexity index is 666. The average Bonchev–Trinajstić information content (AvgIpc) is 2.33. The Hall–Kier alpha value is -2.70. The summed E-state index contributed by atoms with van der Waals surface area (Å²) in [4.78, 5) is 11.8. The van der Waals surface area contributed by atoms with Gasteiger partial charge in [-0.05, 0) is 18.2 Å². The molecule has 0 bridgehead atoms. The number of hydrogen-bond acceptors (Lipinski definition) is 3. The highest BCUT2D eigenvalue weighted by Gasteiger charge is 2.16. The van der Waals surface area contributed by atoms with E-state index >= 15 is 0 Å². The summed E-state index contributed by atoms with van der Waals surface area (Å²) in [6.07, 6.45) is 0. The smallest absolute Gasteiger partial charge is 0.259 e. The Kier molecular flexibility index (Phi) is 3.51. The lowest BCUT2D eigenvalue weighted by molar-refractivity contribution is 0.102. The molecule has 4 nitrogen and oxygen atoms in total. The molecule has 0 atom stereocenters. The second-order valence-corrected chi connectivity index (χ2v) is 3.97. The number of carbonyl (C=O) groups is 1. The van der Waals surface area contributed by atoms with E-state index in [4.69, 9.17) is 5.73 Å². The van der Waals surface area contributed by atoms with Crippen LogP contribution in [-0.4, -0.2) is 11.0 Å². The second kappa shape index (κ2) is 5.12. The fraction of sp³-hybridized carbons (Fsp3) is 0. The molecule has 0 fully saturated rings. The van der Waals surface area contributed by atoms with E-state index in [0.717, 1.165) is 24.3 Å². The van der Waals surface area contributed by atoms with Gasteiger partial charge >= 0.3 is 0 Å². The minimum atomic E-state index is -1.06. The van der Waals surface area contributed by atoms with Gasteiger partial charge in [-0.3, -0.25) is 4.79 Å². The number of rotatable bonds is 2. The van der Waals surface area contributed by atoms with Gasteiger partial charge in [-0.25, -0.2) is 13.2 Å². The Balaban J connectivity index is 2.33. The summed E-state index contributed by atoms with van der Waals surface area (Å²) >= 11 is 0. The van der Waals surface area contributed by atoms with Crippen LogP contribution in [0.1, 0.15) is 10.4 Å². The number of phenols is 1. The topological polar surface area (TPSA) is 75.3 Å². The highest BCUT2D eigenvalue weighted by molar-refractivity contribution is 6.07. The van der Waals surface area contributed by atoms with E-state index in [9.17, 15) is 23.1 Å². The number of carbonyl (C=O) groups excluding carboxylic acids is 1. The molecule has 4 N–H and O–H groups in total. The lowest BCUT2D eigenvalue weighted by Gasteiger charge is -2.10. The molecule has 2 aromatic rings. The molecule has 0 heterocycles. The molecule has 104 valence electrons. The van der Waals surface area contributed by atoms with Crippen LogP contribution in [0, 0.1) is 17.5 Å². The summed E-state index contributed by atoms with van der Waals surface area (Å²) in [6.45, 7) is 0. The Labute approximate surface area is 111 Å². The van der Waals surface area contributed by atoms with Crippen molar-refractivity contribution in [2.45, 2.75) is 0 Å². The van der Waals surface area contributed by atoms with Crippen molar-refractivity contribution in [1.82, 2.24) is 0 Å². The average molecular weight is 282 g/mol. The van der Waals surface area contributed by atoms with Crippen LogP contribution < -0.4 is 11.1 Å². The predicted molar refractivity (Wildman–Crippen MR) is 66.8 cm³/mol. The molecular weight excluding hydrogens is 273 g/mol. The van der Waals surface area contributed by atoms with E-state index in [1.54, 1.807) is 0 Å². The van der Waals surface area contributed by atoms with E-state index < -0.39 is 34.8 Å². The Morgan fingerprint density at radius 3 is 2.40 bits per heavy atom. The van der Waals surface area contributed by atoms with Gasteiger partial charge < -0.3 is 16.2 Å². The van der Waals surface area contributed by atoms with Gasteiger partial charge in [-0.2, -0.15) is 0 Å². The number of nitrogen functional groups attached to an aromatic ring is 1. The minimum absolute atomic E-state index is 0.269. The molecule has 0 unspecified atom stereocenters. The fourth-order valence-electron chi connectivity index (χ4n) is 1.60. The zero-order valence-corrected chi connectivity index (χ0v) is 9.95. The molecule has 0 aliphatic carbocycles. The summed E-state index contributed by atoms with van der Waals surface area (Å²) in [5.41, 5.74) is 4.40. The molecule has 20 heavy (non-hydrogen) atoms. The molecule has 0 saturated heterocycles. The van der Waals surface area contributed by atoms with Crippen LogP contribution in [0.3, 0.4) is 0 Å². The Morgan fingerprint density at radius 2 is 1.80 bits per heavy atom. The van der Waals surface area contributed by atoms with Crippen LogP contribution in [0.5, 0.6) is 5.75 Å². The quantitative estimate of drug-likeness (QED) is 0.741. The zero-order chi connectivity index (χ0) is 14.9. The molecule has 0 spiro atoms. The lowest BCUT2D eigenvalue weighted by Crippen LogP contribution is -2.15. The third kappa shape index (κ3) is 2.66. The number of benzene rings is 2. The maximum Gasteiger partial charge on any atom is 0.259 e. The van der Waals surface area contributed by atoms with Crippen molar-refractivity contribution in [2.75, 3.05) is 11.1 Å². The summed E-state index contributed by atoms with van der Waals surface area (Å²) < 4.78 is 39.2. The number of hydrogen-bond donors (Lipinski definition) is 3. The van der Waals surface area contributed by atoms with E-state index in [1.165, 1.54) is 0 Å². The van der Waals surface area contributed by atoms with Gasteiger partial charge in [-0.1, -0.05) is 0 Å². The van der Waals surface area contributed by atoms with Crippen molar-refractivity contribution in [3.05, 3.63) is 53.3 Å². The normalized spacial score (nSPS) is 10.3. The van der Waals surface area contributed by atoms with Crippen molar-refractivity contribution >= 4 is 17.3 Å². The van der Waals surface area contributed by atoms with Crippen LogP contribution in [0.15, 0.2) is 30.3 Å². The highest BCUT2D eigenvalue weighted by atomic mass is 19.1. The number of halogens is 3. The first-order valence-corrected chi connectivity index (χ1v) is 5.43. The number of aromatic hydroxyl groups is 1. The largest absolute Gasteiger partial charge is 0.507 e. The van der Waals surface area contributed by atoms with Crippen LogP contribution in [-0.2, 0) is 0 Å². The SMILES string of the molecule is Nc1cc(F)cc(F)c1NC(=O)c1ccc(F)cc1O. The van der Waals surface area contributed by atoms with Crippen LogP contribution in [0.4, 0.5) is 24.5 Å². The minimum Gasteiger partial charge on any atom is -0.507 e. The van der Waals surface area contributed by atoms with E-state index in [1.807, 2.05) is 0 Å². The number of nitrogens with two attached hydrogens (primary N) is 1. The summed E-state index contributed by atoms with van der Waals surface area (Å²) in [5, 5.41) is 11.5. The van der Waals surface area contributed by atoms with Crippen molar-refractivity contribution in [3.8, 4) is 5.75 Å². The summed E-state index contributed by atoms with van der Waals surface area (Å²) in [6, 6.07) is 4.11. The van der Waals surface area contributed by atoms with Crippen LogP contribution in [0.25, 0.3) is 0 Å². The van der Waals surface area contributed by atoms with Gasteiger partial charge in [0.2, 0.25) is 0 Å². The molecule has 0 radical (unpaired) electrons. The maximum absolute atomic E-state index is 13.5. The van der Waals surface area contributed by atoms with E-state index in [-0.39, 0.29) is 11.3 Å². The number of amides is 1. The monoisotopic (exact) mass is 282 g/mol. The third-order valence-electron chi connectivity index (χ3n) is 2.53. The molecule has 2 rings (SSSR count). The zero-order valence-electron chi connectivity index (χ0n) is 9.95. The van der Waals surface area contributed by atoms with Gasteiger partial charge in [0.05, 0.1) is 11.3 Å². The first kappa shape index (κ1) is 13.7. The number of nitrogens with one attached hydrogen (secondary N) is 1. The van der Waals surface area contributed by atoms with Crippen molar-refractivity contribution in [2.24, 2.45) is 0 Å². The molecule has 2 aromatic carbocycles. The molecule has 0 saturated carbocycles. The Morgan fingerprint density at radius 1 is 1.10 bits per heavy atom. The molecule has 0 aromatic heterocycles. The molecular formula is C13H9F3N2O2. The molecule has 1 amide bonds. The standard InChI is InChI=1S/C13H9F3N2O2/c14-6-1-2-8(11(19)5-6)13(20)18-12-9(16)3-7(15)4-10(12)17/h1-5,19H,17H2,(H,18,20). The molecule has 7 heteroatoms. The van der Waals surface area contributed by atoms with Gasteiger partial charge in [0.25, 0.3) is 5.91 Å². The number of phenolic OH excluding ortho intramolecular Hbond substituents is 1. The molecule has 0 aliphatic rings. The van der Waals surface area contributed by atoms with E-state index in [2.05, 4.69) is 5.32 Å². The van der Waals surface area contributed by atoms with E-state index in [0.29, 0.717) is 6.07 Å². The predicted octanol–water partition coefficient (Wildman–Crippen LogP) is 2.64. The van der Waals surface area contributed by atoms with Crippen molar-refractivity contribution < 1.29 is 23.1 Å². The fourth-order valence-corrected chi connectivity index (χ4v) is 1.60. The van der Waals surface area contributed by atoms with Crippen molar-refractivity contribution in [3.63, 3.8) is 0 Å². The first-order chi connectivity index (χ1) is 9.38. The maximum atomic E-state index is 13.5. The highest BCUT2D eigenvalue weighted by Crippen LogP contribution is 2.26. The lowest BCUT2D eigenvalue weighted by atomic mass is 10.1.